The zero-order valence-electron chi connectivity index (χ0n) is 9.86. The van der Waals surface area contributed by atoms with Crippen molar-refractivity contribution in [2.75, 3.05) is 18.4 Å². The first kappa shape index (κ1) is 12.3. The maximum atomic E-state index is 11.9. The van der Waals surface area contributed by atoms with Gasteiger partial charge in [-0.25, -0.2) is 4.79 Å². The van der Waals surface area contributed by atoms with Crippen molar-refractivity contribution >= 4 is 11.7 Å². The summed E-state index contributed by atoms with van der Waals surface area (Å²) >= 11 is 0. The van der Waals surface area contributed by atoms with E-state index < -0.39 is 0 Å². The predicted molar refractivity (Wildman–Crippen MR) is 67.5 cm³/mol. The molecular formula is C13H18N2O. The zero-order chi connectivity index (χ0) is 12.0. The number of rotatable bonds is 4. The fourth-order valence-corrected chi connectivity index (χ4v) is 1.38. The van der Waals surface area contributed by atoms with Crippen LogP contribution in [0.5, 0.6) is 0 Å². The summed E-state index contributed by atoms with van der Waals surface area (Å²) in [5.41, 5.74) is 1.79. The Morgan fingerprint density at radius 2 is 2.00 bits per heavy atom. The summed E-state index contributed by atoms with van der Waals surface area (Å²) in [6.45, 7) is 8.94. The van der Waals surface area contributed by atoms with Crippen molar-refractivity contribution in [3.8, 4) is 0 Å². The second-order valence-corrected chi connectivity index (χ2v) is 3.77. The Morgan fingerprint density at radius 1 is 1.38 bits per heavy atom. The maximum absolute atomic E-state index is 11.9. The van der Waals surface area contributed by atoms with E-state index in [-0.39, 0.29) is 6.03 Å². The van der Waals surface area contributed by atoms with Crippen molar-refractivity contribution in [1.82, 2.24) is 4.90 Å². The van der Waals surface area contributed by atoms with Crippen molar-refractivity contribution in [3.63, 3.8) is 0 Å². The molecule has 16 heavy (non-hydrogen) atoms. The molecule has 1 rings (SSSR count). The van der Waals surface area contributed by atoms with Gasteiger partial charge in [-0.15, -0.1) is 0 Å². The molecule has 0 saturated carbocycles. The van der Waals surface area contributed by atoms with E-state index >= 15 is 0 Å². The number of urea groups is 1. The molecule has 0 aliphatic rings. The molecule has 0 aliphatic heterocycles. The van der Waals surface area contributed by atoms with Crippen LogP contribution in [0.25, 0.3) is 0 Å². The summed E-state index contributed by atoms with van der Waals surface area (Å²) in [5, 5.41) is 2.84. The molecule has 1 aromatic carbocycles. The van der Waals surface area contributed by atoms with Crippen molar-refractivity contribution in [3.05, 3.63) is 42.5 Å². The molecule has 0 heterocycles. The monoisotopic (exact) mass is 218 g/mol. The first-order chi connectivity index (χ1) is 7.63. The second kappa shape index (κ2) is 5.95. The third-order valence-electron chi connectivity index (χ3n) is 2.15. The molecule has 2 amide bonds. The third-order valence-corrected chi connectivity index (χ3v) is 2.15. The van der Waals surface area contributed by atoms with Crippen LogP contribution >= 0.6 is 0 Å². The molecule has 0 atom stereocenters. The number of carbonyl (C=O) groups excluding carboxylic acids is 1. The molecule has 1 N–H and O–H groups in total. The summed E-state index contributed by atoms with van der Waals surface area (Å²) in [6, 6.07) is 9.35. The molecule has 0 unspecified atom stereocenters. The van der Waals surface area contributed by atoms with Crippen LogP contribution in [-0.2, 0) is 0 Å². The predicted octanol–water partition coefficient (Wildman–Crippen LogP) is 3.12. The van der Waals surface area contributed by atoms with E-state index in [0.717, 1.165) is 11.3 Å². The molecule has 86 valence electrons. The highest BCUT2D eigenvalue weighted by atomic mass is 16.2. The number of anilines is 1. The summed E-state index contributed by atoms with van der Waals surface area (Å²) in [6.07, 6.45) is 0. The molecule has 0 aromatic heterocycles. The quantitative estimate of drug-likeness (QED) is 0.774. The highest BCUT2D eigenvalue weighted by molar-refractivity contribution is 5.89. The molecule has 0 aliphatic carbocycles. The van der Waals surface area contributed by atoms with Crippen LogP contribution in [-0.4, -0.2) is 24.0 Å². The molecule has 0 spiro atoms. The van der Waals surface area contributed by atoms with Crippen molar-refractivity contribution < 1.29 is 4.79 Å². The maximum Gasteiger partial charge on any atom is 0.322 e. The Morgan fingerprint density at radius 3 is 2.50 bits per heavy atom. The van der Waals surface area contributed by atoms with Crippen LogP contribution < -0.4 is 5.32 Å². The van der Waals surface area contributed by atoms with Gasteiger partial charge in [0, 0.05) is 18.8 Å². The number of nitrogens with zero attached hydrogens (tertiary/aromatic N) is 1. The summed E-state index contributed by atoms with van der Waals surface area (Å²) in [5.74, 6) is 0. The number of benzene rings is 1. The fraction of sp³-hybridized carbons (Fsp3) is 0.308. The van der Waals surface area contributed by atoms with Crippen LogP contribution in [0.3, 0.4) is 0 Å². The number of carbonyl (C=O) groups is 1. The molecule has 0 saturated heterocycles. The van der Waals surface area contributed by atoms with Gasteiger partial charge in [-0.3, -0.25) is 0 Å². The van der Waals surface area contributed by atoms with E-state index in [0.29, 0.717) is 13.1 Å². The summed E-state index contributed by atoms with van der Waals surface area (Å²) in [7, 11) is 0. The van der Waals surface area contributed by atoms with Gasteiger partial charge < -0.3 is 10.2 Å². The van der Waals surface area contributed by atoms with Crippen molar-refractivity contribution in [2.24, 2.45) is 0 Å². The van der Waals surface area contributed by atoms with Crippen LogP contribution in [0.1, 0.15) is 13.8 Å². The summed E-state index contributed by atoms with van der Waals surface area (Å²) in [4.78, 5) is 13.6. The number of hydrogen-bond donors (Lipinski definition) is 1. The fourth-order valence-electron chi connectivity index (χ4n) is 1.38. The molecule has 0 fully saturated rings. The van der Waals surface area contributed by atoms with E-state index in [2.05, 4.69) is 11.9 Å². The Labute approximate surface area is 96.8 Å². The van der Waals surface area contributed by atoms with Gasteiger partial charge in [0.1, 0.15) is 0 Å². The van der Waals surface area contributed by atoms with Gasteiger partial charge in [-0.1, -0.05) is 30.4 Å². The Hall–Kier alpha value is -1.77. The third kappa shape index (κ3) is 3.77. The Kier molecular flexibility index (Phi) is 4.58. The first-order valence-corrected chi connectivity index (χ1v) is 5.39. The van der Waals surface area contributed by atoms with Gasteiger partial charge in [0.05, 0.1) is 0 Å². The average Bonchev–Trinajstić information content (AvgIpc) is 2.26. The average molecular weight is 218 g/mol. The summed E-state index contributed by atoms with van der Waals surface area (Å²) < 4.78 is 0. The first-order valence-electron chi connectivity index (χ1n) is 5.39. The van der Waals surface area contributed by atoms with Gasteiger partial charge in [-0.2, -0.15) is 0 Å². The highest BCUT2D eigenvalue weighted by Crippen LogP contribution is 2.07. The normalized spacial score (nSPS) is 9.62. The standard InChI is InChI=1S/C13H18N2O/c1-4-15(10-11(2)3)13(16)14-12-8-6-5-7-9-12/h5-9H,2,4,10H2,1,3H3,(H,14,16). The minimum Gasteiger partial charge on any atom is -0.321 e. The lowest BCUT2D eigenvalue weighted by Crippen LogP contribution is -2.35. The molecule has 0 bridgehead atoms. The smallest absolute Gasteiger partial charge is 0.321 e. The molecular weight excluding hydrogens is 200 g/mol. The lowest BCUT2D eigenvalue weighted by molar-refractivity contribution is 0.218. The lowest BCUT2D eigenvalue weighted by atomic mass is 10.3. The largest absolute Gasteiger partial charge is 0.322 e. The number of likely N-dealkylation sites (N-methyl/N-ethyl adjacent to an activating group) is 1. The topological polar surface area (TPSA) is 32.3 Å². The van der Waals surface area contributed by atoms with Crippen LogP contribution in [0.4, 0.5) is 10.5 Å². The van der Waals surface area contributed by atoms with Crippen LogP contribution in [0.2, 0.25) is 0 Å². The van der Waals surface area contributed by atoms with Gasteiger partial charge in [-0.05, 0) is 26.0 Å². The van der Waals surface area contributed by atoms with E-state index in [9.17, 15) is 4.79 Å². The van der Waals surface area contributed by atoms with E-state index in [1.165, 1.54) is 0 Å². The number of amides is 2. The highest BCUT2D eigenvalue weighted by Gasteiger charge is 2.10. The minimum atomic E-state index is -0.0864. The molecule has 3 heteroatoms. The number of nitrogens with one attached hydrogen (secondary N) is 1. The van der Waals surface area contributed by atoms with E-state index in [1.54, 1.807) is 4.90 Å². The van der Waals surface area contributed by atoms with Crippen molar-refractivity contribution in [1.29, 1.82) is 0 Å². The van der Waals surface area contributed by atoms with Crippen LogP contribution in [0, 0.1) is 0 Å². The van der Waals surface area contributed by atoms with E-state index in [1.807, 2.05) is 44.2 Å². The zero-order valence-corrected chi connectivity index (χ0v) is 9.86. The minimum absolute atomic E-state index is 0.0864. The van der Waals surface area contributed by atoms with E-state index in [4.69, 9.17) is 0 Å². The SMILES string of the molecule is C=C(C)CN(CC)C(=O)Nc1ccccc1. The van der Waals surface area contributed by atoms with Gasteiger partial charge in [0.25, 0.3) is 0 Å². The van der Waals surface area contributed by atoms with Crippen LogP contribution in [0.15, 0.2) is 42.5 Å². The number of hydrogen-bond acceptors (Lipinski definition) is 1. The number of para-hydroxylation sites is 1. The molecule has 3 nitrogen and oxygen atoms in total. The van der Waals surface area contributed by atoms with Crippen molar-refractivity contribution in [2.45, 2.75) is 13.8 Å². The Bertz CT molecular complexity index is 359. The van der Waals surface area contributed by atoms with Gasteiger partial charge in [0.2, 0.25) is 0 Å². The second-order valence-electron chi connectivity index (χ2n) is 3.77. The lowest BCUT2D eigenvalue weighted by Gasteiger charge is -2.21. The molecule has 1 aromatic rings. The van der Waals surface area contributed by atoms with Gasteiger partial charge >= 0.3 is 6.03 Å². The Balaban J connectivity index is 2.59. The molecule has 0 radical (unpaired) electrons. The van der Waals surface area contributed by atoms with Gasteiger partial charge in [0.15, 0.2) is 0 Å².